The number of anilines is 1. The molecule has 8 heteroatoms. The number of hydrogen-bond acceptors (Lipinski definition) is 6. The van der Waals surface area contributed by atoms with Crippen LogP contribution < -0.4 is 11.1 Å². The molecule has 3 aromatic rings. The molecule has 25 heavy (non-hydrogen) atoms. The van der Waals surface area contributed by atoms with Crippen molar-refractivity contribution in [2.45, 2.75) is 29.3 Å². The lowest BCUT2D eigenvalue weighted by atomic mass is 9.98. The molecule has 1 aliphatic rings. The van der Waals surface area contributed by atoms with Crippen LogP contribution in [0, 0.1) is 18.1 Å². The molecule has 1 fully saturated rings. The number of aromatic nitrogens is 4. The van der Waals surface area contributed by atoms with Gasteiger partial charge >= 0.3 is 0 Å². The summed E-state index contributed by atoms with van der Waals surface area (Å²) in [4.78, 5) is 9.50. The molecule has 0 saturated carbocycles. The molecule has 3 N–H and O–H groups in total. The average molecular weight is 373 g/mol. The van der Waals surface area contributed by atoms with Gasteiger partial charge in [-0.2, -0.15) is 5.10 Å². The maximum atomic E-state index is 6.12. The number of nitrogens with one attached hydrogen (secondary N) is 1. The fourth-order valence-corrected chi connectivity index (χ4v) is 4.25. The maximum absolute atomic E-state index is 6.12. The Balaban J connectivity index is 1.70. The number of nitrogens with two attached hydrogens (primary N) is 1. The molecule has 4 rings (SSSR count). The van der Waals surface area contributed by atoms with E-state index in [4.69, 9.17) is 22.4 Å². The SMILES string of the molecule is Nc1ncnc2c1c(Sc1cc#cc(Cl)c1)nn2CC1CCNCC1. The van der Waals surface area contributed by atoms with Gasteiger partial charge in [-0.25, -0.2) is 14.6 Å². The summed E-state index contributed by atoms with van der Waals surface area (Å²) in [6.07, 6.45) is 3.78. The third kappa shape index (κ3) is 3.52. The van der Waals surface area contributed by atoms with E-state index in [1.54, 1.807) is 0 Å². The second-order valence-corrected chi connectivity index (χ2v) is 7.52. The molecule has 2 aromatic heterocycles. The van der Waals surface area contributed by atoms with E-state index in [0.717, 1.165) is 53.4 Å². The lowest BCUT2D eigenvalue weighted by molar-refractivity contribution is 0.323. The highest BCUT2D eigenvalue weighted by atomic mass is 35.5. The molecule has 0 radical (unpaired) electrons. The van der Waals surface area contributed by atoms with Crippen molar-refractivity contribution in [2.75, 3.05) is 18.8 Å². The Morgan fingerprint density at radius 2 is 2.20 bits per heavy atom. The summed E-state index contributed by atoms with van der Waals surface area (Å²) in [6.45, 7) is 2.94. The fraction of sp³-hybridized carbons (Fsp3) is 0.353. The lowest BCUT2D eigenvalue weighted by Crippen LogP contribution is -2.30. The minimum absolute atomic E-state index is 0.446. The van der Waals surface area contributed by atoms with Gasteiger partial charge in [-0.1, -0.05) is 29.4 Å². The summed E-state index contributed by atoms with van der Waals surface area (Å²) in [5, 5.41) is 10.3. The molecule has 1 aromatic carbocycles. The van der Waals surface area contributed by atoms with Crippen LogP contribution in [0.15, 0.2) is 28.4 Å². The van der Waals surface area contributed by atoms with Gasteiger partial charge in [0.05, 0.1) is 10.4 Å². The van der Waals surface area contributed by atoms with Crippen molar-refractivity contribution in [3.05, 3.63) is 35.6 Å². The van der Waals surface area contributed by atoms with Gasteiger partial charge < -0.3 is 11.1 Å². The third-order valence-electron chi connectivity index (χ3n) is 4.31. The first-order valence-electron chi connectivity index (χ1n) is 8.15. The Bertz CT molecular complexity index is 890. The number of piperidine rings is 1. The van der Waals surface area contributed by atoms with Gasteiger partial charge in [0, 0.05) is 17.5 Å². The van der Waals surface area contributed by atoms with Gasteiger partial charge in [0.1, 0.15) is 17.2 Å². The van der Waals surface area contributed by atoms with Crippen LogP contribution in [0.3, 0.4) is 0 Å². The highest BCUT2D eigenvalue weighted by molar-refractivity contribution is 7.99. The van der Waals surface area contributed by atoms with Crippen LogP contribution in [0.25, 0.3) is 11.0 Å². The van der Waals surface area contributed by atoms with E-state index in [1.807, 2.05) is 16.8 Å². The first kappa shape index (κ1) is 16.5. The summed E-state index contributed by atoms with van der Waals surface area (Å²) in [5.41, 5.74) is 6.90. The number of nitrogen functional groups attached to an aromatic ring is 1. The van der Waals surface area contributed by atoms with Crippen molar-refractivity contribution in [3.63, 3.8) is 0 Å². The van der Waals surface area contributed by atoms with E-state index in [2.05, 4.69) is 27.4 Å². The van der Waals surface area contributed by atoms with Gasteiger partial charge in [-0.05, 0) is 44.0 Å². The zero-order chi connectivity index (χ0) is 17.2. The minimum atomic E-state index is 0.446. The molecular weight excluding hydrogens is 356 g/mol. The van der Waals surface area contributed by atoms with E-state index >= 15 is 0 Å². The molecule has 6 nitrogen and oxygen atoms in total. The molecule has 1 aliphatic heterocycles. The molecule has 0 unspecified atom stereocenters. The van der Waals surface area contributed by atoms with E-state index in [1.165, 1.54) is 18.1 Å². The molecule has 0 spiro atoms. The zero-order valence-corrected chi connectivity index (χ0v) is 15.1. The van der Waals surface area contributed by atoms with E-state index in [9.17, 15) is 0 Å². The molecule has 128 valence electrons. The quantitative estimate of drug-likeness (QED) is 0.732. The summed E-state index contributed by atoms with van der Waals surface area (Å²) >= 11 is 7.50. The predicted octanol–water partition coefficient (Wildman–Crippen LogP) is 2.81. The number of rotatable bonds is 4. The van der Waals surface area contributed by atoms with Gasteiger partial charge in [-0.3, -0.25) is 0 Å². The van der Waals surface area contributed by atoms with Crippen molar-refractivity contribution in [3.8, 4) is 0 Å². The Morgan fingerprint density at radius 3 is 3.00 bits per heavy atom. The maximum Gasteiger partial charge on any atom is 0.164 e. The number of halogens is 1. The molecule has 0 amide bonds. The fourth-order valence-electron chi connectivity index (χ4n) is 3.05. The number of hydrogen-bond donors (Lipinski definition) is 2. The van der Waals surface area contributed by atoms with Gasteiger partial charge in [0.2, 0.25) is 0 Å². The number of nitrogens with zero attached hydrogens (tertiary/aromatic N) is 4. The molecule has 0 aliphatic carbocycles. The van der Waals surface area contributed by atoms with Crippen molar-refractivity contribution in [1.29, 1.82) is 0 Å². The second kappa shape index (κ2) is 7.08. The molecular formula is C17H17ClN6S. The monoisotopic (exact) mass is 372 g/mol. The first-order chi connectivity index (χ1) is 12.2. The standard InChI is InChI=1S/C17H17ClN6S/c18-12-2-1-3-13(8-12)25-17-14-15(19)21-10-22-16(14)24(23-17)9-11-4-6-20-7-5-11/h3,8,10-11,20H,4-7,9H2,(H2,19,21,22). The van der Waals surface area contributed by atoms with Crippen LogP contribution in [0.1, 0.15) is 12.8 Å². The largest absolute Gasteiger partial charge is 0.383 e. The Morgan fingerprint density at radius 1 is 1.36 bits per heavy atom. The van der Waals surface area contributed by atoms with E-state index in [-0.39, 0.29) is 0 Å². The summed E-state index contributed by atoms with van der Waals surface area (Å²) in [7, 11) is 0. The Kier molecular flexibility index (Phi) is 4.66. The summed E-state index contributed by atoms with van der Waals surface area (Å²) < 4.78 is 1.96. The zero-order valence-electron chi connectivity index (χ0n) is 13.5. The Hall–Kier alpha value is -2.01. The van der Waals surface area contributed by atoms with E-state index in [0.29, 0.717) is 16.8 Å². The lowest BCUT2D eigenvalue weighted by Gasteiger charge is -2.22. The predicted molar refractivity (Wildman–Crippen MR) is 98.6 cm³/mol. The van der Waals surface area contributed by atoms with Crippen LogP contribution in [0.5, 0.6) is 0 Å². The second-order valence-electron chi connectivity index (χ2n) is 6.05. The van der Waals surface area contributed by atoms with Crippen molar-refractivity contribution in [2.24, 2.45) is 5.92 Å². The third-order valence-corrected chi connectivity index (χ3v) is 5.46. The van der Waals surface area contributed by atoms with Crippen molar-refractivity contribution >= 4 is 40.2 Å². The molecule has 1 saturated heterocycles. The molecule has 0 atom stereocenters. The normalized spacial score (nSPS) is 15.4. The van der Waals surface area contributed by atoms with Crippen molar-refractivity contribution < 1.29 is 0 Å². The molecule has 0 bridgehead atoms. The summed E-state index contributed by atoms with van der Waals surface area (Å²) in [6, 6.07) is 9.38. The first-order valence-corrected chi connectivity index (χ1v) is 9.34. The number of fused-ring (bicyclic) bond motifs is 1. The average Bonchev–Trinajstić information content (AvgIpc) is 2.95. The van der Waals surface area contributed by atoms with Crippen LogP contribution in [-0.2, 0) is 6.54 Å². The van der Waals surface area contributed by atoms with Crippen LogP contribution >= 0.6 is 23.4 Å². The summed E-state index contributed by atoms with van der Waals surface area (Å²) in [5.74, 6) is 1.04. The highest BCUT2D eigenvalue weighted by Crippen LogP contribution is 2.35. The highest BCUT2D eigenvalue weighted by Gasteiger charge is 2.20. The van der Waals surface area contributed by atoms with Crippen molar-refractivity contribution in [1.82, 2.24) is 25.1 Å². The van der Waals surface area contributed by atoms with E-state index < -0.39 is 0 Å². The van der Waals surface area contributed by atoms with Crippen LogP contribution in [-0.4, -0.2) is 32.8 Å². The minimum Gasteiger partial charge on any atom is -0.383 e. The van der Waals surface area contributed by atoms with Crippen LogP contribution in [0.2, 0.25) is 5.02 Å². The molecule has 3 heterocycles. The topological polar surface area (TPSA) is 81.7 Å². The Labute approximate surface area is 155 Å². The van der Waals surface area contributed by atoms with Gasteiger partial charge in [0.25, 0.3) is 0 Å². The smallest absolute Gasteiger partial charge is 0.164 e. The van der Waals surface area contributed by atoms with Gasteiger partial charge in [-0.15, -0.1) is 0 Å². The van der Waals surface area contributed by atoms with Gasteiger partial charge in [0.15, 0.2) is 5.65 Å². The van der Waals surface area contributed by atoms with Crippen LogP contribution in [0.4, 0.5) is 5.82 Å².